The first kappa shape index (κ1) is 15.4. The van der Waals surface area contributed by atoms with Crippen molar-refractivity contribution in [2.75, 3.05) is 17.2 Å². The Morgan fingerprint density at radius 1 is 1.00 bits per heavy atom. The second-order valence-corrected chi connectivity index (χ2v) is 5.88. The number of halogens is 1. The predicted octanol–water partition coefficient (Wildman–Crippen LogP) is 4.03. The fourth-order valence-electron chi connectivity index (χ4n) is 2.12. The van der Waals surface area contributed by atoms with E-state index < -0.39 is 0 Å². The molecular weight excluding hydrogens is 354 g/mol. The molecule has 0 aliphatic rings. The number of anilines is 3. The van der Waals surface area contributed by atoms with Gasteiger partial charge >= 0.3 is 0 Å². The molecule has 1 aromatic heterocycles. The van der Waals surface area contributed by atoms with E-state index in [4.69, 9.17) is 0 Å². The minimum atomic E-state index is 0.515. The molecule has 0 aliphatic heterocycles. The van der Waals surface area contributed by atoms with E-state index in [1.807, 2.05) is 42.5 Å². The molecule has 5 nitrogen and oxygen atoms in total. The standard InChI is InChI=1S/C17H16BrN5/c18-14-7-4-8-15(11-14)21-16-12-20-23-17(22-16)19-10-9-13-5-2-1-3-6-13/h1-8,11-12H,9-10H2,(H2,19,21,22,23). The van der Waals surface area contributed by atoms with E-state index in [0.29, 0.717) is 11.8 Å². The van der Waals surface area contributed by atoms with Crippen molar-refractivity contribution in [1.29, 1.82) is 0 Å². The van der Waals surface area contributed by atoms with Crippen LogP contribution in [0.15, 0.2) is 65.3 Å². The normalized spacial score (nSPS) is 10.3. The molecule has 23 heavy (non-hydrogen) atoms. The first-order valence-corrected chi connectivity index (χ1v) is 8.09. The Balaban J connectivity index is 1.59. The Hall–Kier alpha value is -2.47. The molecule has 0 spiro atoms. The maximum Gasteiger partial charge on any atom is 0.244 e. The molecule has 2 aromatic carbocycles. The van der Waals surface area contributed by atoms with Crippen LogP contribution >= 0.6 is 15.9 Å². The molecular formula is C17H16BrN5. The zero-order valence-electron chi connectivity index (χ0n) is 12.4. The number of rotatable bonds is 6. The lowest BCUT2D eigenvalue weighted by Gasteiger charge is -2.08. The molecule has 6 heteroatoms. The molecule has 0 fully saturated rings. The lowest BCUT2D eigenvalue weighted by atomic mass is 10.1. The zero-order chi connectivity index (χ0) is 15.9. The number of aromatic nitrogens is 3. The molecule has 0 atom stereocenters. The maximum absolute atomic E-state index is 4.42. The topological polar surface area (TPSA) is 62.7 Å². The van der Waals surface area contributed by atoms with Gasteiger partial charge in [0.05, 0.1) is 6.20 Å². The fourth-order valence-corrected chi connectivity index (χ4v) is 2.52. The SMILES string of the molecule is Brc1cccc(Nc2cnnc(NCCc3ccccc3)n2)c1. The van der Waals surface area contributed by atoms with E-state index in [2.05, 4.69) is 53.9 Å². The number of nitrogens with zero attached hydrogens (tertiary/aromatic N) is 3. The third kappa shape index (κ3) is 4.75. The van der Waals surface area contributed by atoms with Gasteiger partial charge in [0.2, 0.25) is 5.95 Å². The van der Waals surface area contributed by atoms with Gasteiger partial charge in [-0.3, -0.25) is 0 Å². The predicted molar refractivity (Wildman–Crippen MR) is 95.9 cm³/mol. The van der Waals surface area contributed by atoms with Crippen LogP contribution in [0.3, 0.4) is 0 Å². The Kier molecular flexibility index (Phi) is 5.16. The van der Waals surface area contributed by atoms with Crippen molar-refractivity contribution >= 4 is 33.4 Å². The summed E-state index contributed by atoms with van der Waals surface area (Å²) in [4.78, 5) is 4.42. The molecule has 116 valence electrons. The van der Waals surface area contributed by atoms with Crippen LogP contribution in [-0.2, 0) is 6.42 Å². The van der Waals surface area contributed by atoms with Gasteiger partial charge in [-0.05, 0) is 30.2 Å². The molecule has 0 aliphatic carbocycles. The second-order valence-electron chi connectivity index (χ2n) is 4.96. The van der Waals surface area contributed by atoms with E-state index >= 15 is 0 Å². The number of benzene rings is 2. The molecule has 1 heterocycles. The van der Waals surface area contributed by atoms with E-state index in [1.54, 1.807) is 6.20 Å². The average Bonchev–Trinajstić information content (AvgIpc) is 2.56. The van der Waals surface area contributed by atoms with Crippen molar-refractivity contribution < 1.29 is 0 Å². The minimum absolute atomic E-state index is 0.515. The third-order valence-electron chi connectivity index (χ3n) is 3.20. The second kappa shape index (κ2) is 7.69. The van der Waals surface area contributed by atoms with Crippen LogP contribution in [0.2, 0.25) is 0 Å². The largest absolute Gasteiger partial charge is 0.353 e. The maximum atomic E-state index is 4.42. The lowest BCUT2D eigenvalue weighted by molar-refractivity contribution is 0.929. The van der Waals surface area contributed by atoms with Crippen molar-refractivity contribution in [3.63, 3.8) is 0 Å². The van der Waals surface area contributed by atoms with Gasteiger partial charge in [-0.15, -0.1) is 5.10 Å². The van der Waals surface area contributed by atoms with E-state index in [-0.39, 0.29) is 0 Å². The number of hydrogen-bond donors (Lipinski definition) is 2. The van der Waals surface area contributed by atoms with Crippen LogP contribution in [0.5, 0.6) is 0 Å². The molecule has 0 bridgehead atoms. The van der Waals surface area contributed by atoms with E-state index in [0.717, 1.165) is 23.1 Å². The fraction of sp³-hybridized carbons (Fsp3) is 0.118. The highest BCUT2D eigenvalue weighted by atomic mass is 79.9. The number of nitrogens with one attached hydrogen (secondary N) is 2. The number of hydrogen-bond acceptors (Lipinski definition) is 5. The minimum Gasteiger partial charge on any atom is -0.353 e. The van der Waals surface area contributed by atoms with Gasteiger partial charge in [0, 0.05) is 16.7 Å². The summed E-state index contributed by atoms with van der Waals surface area (Å²) >= 11 is 3.45. The summed E-state index contributed by atoms with van der Waals surface area (Å²) in [6.07, 6.45) is 2.51. The summed E-state index contributed by atoms with van der Waals surface area (Å²) < 4.78 is 1.01. The van der Waals surface area contributed by atoms with Crippen molar-refractivity contribution in [3.8, 4) is 0 Å². The van der Waals surface area contributed by atoms with Crippen LogP contribution in [-0.4, -0.2) is 21.7 Å². The van der Waals surface area contributed by atoms with Crippen molar-refractivity contribution in [1.82, 2.24) is 15.2 Å². The van der Waals surface area contributed by atoms with Crippen LogP contribution in [0.1, 0.15) is 5.56 Å². The lowest BCUT2D eigenvalue weighted by Crippen LogP contribution is -2.09. The summed E-state index contributed by atoms with van der Waals surface area (Å²) in [6, 6.07) is 18.2. The summed E-state index contributed by atoms with van der Waals surface area (Å²) in [7, 11) is 0. The van der Waals surface area contributed by atoms with Crippen LogP contribution in [0.4, 0.5) is 17.5 Å². The summed E-state index contributed by atoms with van der Waals surface area (Å²) in [5.74, 6) is 1.17. The first-order valence-electron chi connectivity index (χ1n) is 7.30. The molecule has 0 saturated carbocycles. The van der Waals surface area contributed by atoms with Crippen LogP contribution in [0.25, 0.3) is 0 Å². The van der Waals surface area contributed by atoms with E-state index in [9.17, 15) is 0 Å². The highest BCUT2D eigenvalue weighted by molar-refractivity contribution is 9.10. The van der Waals surface area contributed by atoms with Gasteiger partial charge in [-0.1, -0.05) is 52.3 Å². The monoisotopic (exact) mass is 369 g/mol. The van der Waals surface area contributed by atoms with Gasteiger partial charge in [0.15, 0.2) is 5.82 Å². The van der Waals surface area contributed by atoms with Crippen molar-refractivity contribution in [2.45, 2.75) is 6.42 Å². The van der Waals surface area contributed by atoms with Crippen LogP contribution in [0, 0.1) is 0 Å². The smallest absolute Gasteiger partial charge is 0.244 e. The Bertz CT molecular complexity index is 764. The Morgan fingerprint density at radius 3 is 2.70 bits per heavy atom. The summed E-state index contributed by atoms with van der Waals surface area (Å²) in [5.41, 5.74) is 2.21. The summed E-state index contributed by atoms with van der Waals surface area (Å²) in [5, 5.41) is 14.4. The Labute approximate surface area is 143 Å². The molecule has 3 aromatic rings. The van der Waals surface area contributed by atoms with Crippen molar-refractivity contribution in [3.05, 3.63) is 70.8 Å². The van der Waals surface area contributed by atoms with Gasteiger partial charge in [0.1, 0.15) is 0 Å². The third-order valence-corrected chi connectivity index (χ3v) is 3.69. The van der Waals surface area contributed by atoms with Crippen molar-refractivity contribution in [2.24, 2.45) is 0 Å². The molecule has 0 amide bonds. The van der Waals surface area contributed by atoms with Crippen LogP contribution < -0.4 is 10.6 Å². The molecule has 3 rings (SSSR count). The van der Waals surface area contributed by atoms with Gasteiger partial charge in [-0.2, -0.15) is 10.1 Å². The van der Waals surface area contributed by atoms with Gasteiger partial charge < -0.3 is 10.6 Å². The molecule has 2 N–H and O–H groups in total. The van der Waals surface area contributed by atoms with Gasteiger partial charge in [0.25, 0.3) is 0 Å². The van der Waals surface area contributed by atoms with E-state index in [1.165, 1.54) is 5.56 Å². The molecule has 0 unspecified atom stereocenters. The Morgan fingerprint density at radius 2 is 1.87 bits per heavy atom. The average molecular weight is 370 g/mol. The summed E-state index contributed by atoms with van der Waals surface area (Å²) in [6.45, 7) is 0.756. The van der Waals surface area contributed by atoms with Gasteiger partial charge in [-0.25, -0.2) is 0 Å². The molecule has 0 saturated heterocycles. The molecule has 0 radical (unpaired) electrons. The zero-order valence-corrected chi connectivity index (χ0v) is 14.0. The highest BCUT2D eigenvalue weighted by Gasteiger charge is 2.01. The first-order chi connectivity index (χ1) is 11.3. The quantitative estimate of drug-likeness (QED) is 0.686. The highest BCUT2D eigenvalue weighted by Crippen LogP contribution is 2.19.